The van der Waals surface area contributed by atoms with Crippen molar-refractivity contribution in [2.24, 2.45) is 5.92 Å². The first-order valence-corrected chi connectivity index (χ1v) is 9.13. The number of carbonyl (C=O) groups is 2. The first-order chi connectivity index (χ1) is 12.0. The van der Waals surface area contributed by atoms with Gasteiger partial charge in [-0.2, -0.15) is 0 Å². The number of likely N-dealkylation sites (N-methyl/N-ethyl adjacent to an activating group) is 1. The molecule has 0 aliphatic rings. The summed E-state index contributed by atoms with van der Waals surface area (Å²) in [6, 6.07) is 10.0. The van der Waals surface area contributed by atoms with E-state index in [-0.39, 0.29) is 17.8 Å². The Labute approximate surface area is 151 Å². The van der Waals surface area contributed by atoms with E-state index in [0.717, 1.165) is 25.2 Å². The number of amides is 1. The van der Waals surface area contributed by atoms with Gasteiger partial charge in [-0.25, -0.2) is 0 Å². The van der Waals surface area contributed by atoms with Crippen molar-refractivity contribution < 1.29 is 14.3 Å². The summed E-state index contributed by atoms with van der Waals surface area (Å²) >= 11 is 0. The minimum absolute atomic E-state index is 0.0896. The molecular formula is C20H32N2O3. The highest BCUT2D eigenvalue weighted by Gasteiger charge is 2.21. The highest BCUT2D eigenvalue weighted by molar-refractivity contribution is 5.78. The van der Waals surface area contributed by atoms with E-state index in [1.54, 1.807) is 6.92 Å². The number of nitrogens with zero attached hydrogens (tertiary/aromatic N) is 2. The third-order valence-electron chi connectivity index (χ3n) is 4.50. The van der Waals surface area contributed by atoms with Gasteiger partial charge in [0.2, 0.25) is 5.91 Å². The van der Waals surface area contributed by atoms with E-state index in [1.165, 1.54) is 7.11 Å². The quantitative estimate of drug-likeness (QED) is 0.577. The lowest BCUT2D eigenvalue weighted by Gasteiger charge is -2.28. The molecule has 1 aromatic carbocycles. The van der Waals surface area contributed by atoms with Crippen LogP contribution in [0.5, 0.6) is 0 Å². The Morgan fingerprint density at radius 2 is 1.72 bits per heavy atom. The predicted octanol–water partition coefficient (Wildman–Crippen LogP) is 2.60. The van der Waals surface area contributed by atoms with Crippen molar-refractivity contribution in [3.63, 3.8) is 0 Å². The van der Waals surface area contributed by atoms with Gasteiger partial charge in [-0.05, 0) is 25.1 Å². The van der Waals surface area contributed by atoms with Gasteiger partial charge in [0.25, 0.3) is 0 Å². The molecule has 5 heteroatoms. The van der Waals surface area contributed by atoms with Crippen LogP contribution < -0.4 is 0 Å². The molecule has 1 rings (SSSR count). The SMILES string of the molecule is CCN(CC)CCN(CC(C)C(=O)OC)C(=O)CCc1ccccc1. The molecule has 1 atom stereocenters. The maximum Gasteiger partial charge on any atom is 0.310 e. The maximum atomic E-state index is 12.7. The Bertz CT molecular complexity index is 515. The van der Waals surface area contributed by atoms with Crippen molar-refractivity contribution in [2.45, 2.75) is 33.6 Å². The van der Waals surface area contributed by atoms with E-state index in [2.05, 4.69) is 18.7 Å². The number of methoxy groups -OCH3 is 1. The van der Waals surface area contributed by atoms with Gasteiger partial charge in [-0.1, -0.05) is 51.1 Å². The molecule has 0 aliphatic heterocycles. The van der Waals surface area contributed by atoms with Crippen LogP contribution in [0.2, 0.25) is 0 Å². The summed E-state index contributed by atoms with van der Waals surface area (Å²) in [6.45, 7) is 9.80. The molecule has 0 radical (unpaired) electrons. The minimum atomic E-state index is -0.317. The van der Waals surface area contributed by atoms with Gasteiger partial charge in [0, 0.05) is 26.1 Å². The van der Waals surface area contributed by atoms with Gasteiger partial charge < -0.3 is 14.5 Å². The molecule has 0 saturated carbocycles. The van der Waals surface area contributed by atoms with Gasteiger partial charge in [0.1, 0.15) is 0 Å². The number of hydrogen-bond donors (Lipinski definition) is 0. The van der Waals surface area contributed by atoms with Crippen LogP contribution in [0.25, 0.3) is 0 Å². The van der Waals surface area contributed by atoms with E-state index in [0.29, 0.717) is 25.9 Å². The van der Waals surface area contributed by atoms with Crippen LogP contribution in [-0.2, 0) is 20.7 Å². The topological polar surface area (TPSA) is 49.9 Å². The minimum Gasteiger partial charge on any atom is -0.469 e. The molecular weight excluding hydrogens is 316 g/mol. The van der Waals surface area contributed by atoms with Crippen molar-refractivity contribution in [1.82, 2.24) is 9.80 Å². The van der Waals surface area contributed by atoms with Crippen LogP contribution >= 0.6 is 0 Å². The number of carbonyl (C=O) groups excluding carboxylic acids is 2. The Hall–Kier alpha value is -1.88. The molecule has 5 nitrogen and oxygen atoms in total. The van der Waals surface area contributed by atoms with Crippen molar-refractivity contribution in [2.75, 3.05) is 39.8 Å². The zero-order valence-electron chi connectivity index (χ0n) is 16.0. The number of esters is 1. The van der Waals surface area contributed by atoms with E-state index >= 15 is 0 Å². The molecule has 1 amide bonds. The number of hydrogen-bond acceptors (Lipinski definition) is 4. The van der Waals surface area contributed by atoms with Gasteiger partial charge in [0.15, 0.2) is 0 Å². The second-order valence-electron chi connectivity index (χ2n) is 6.28. The monoisotopic (exact) mass is 348 g/mol. The van der Waals surface area contributed by atoms with E-state index in [9.17, 15) is 9.59 Å². The van der Waals surface area contributed by atoms with E-state index in [4.69, 9.17) is 4.74 Å². The Morgan fingerprint density at radius 1 is 1.08 bits per heavy atom. The van der Waals surface area contributed by atoms with Crippen molar-refractivity contribution in [3.8, 4) is 0 Å². The van der Waals surface area contributed by atoms with Crippen LogP contribution in [0.4, 0.5) is 0 Å². The third kappa shape index (κ3) is 7.69. The van der Waals surface area contributed by atoms with E-state index < -0.39 is 0 Å². The fourth-order valence-electron chi connectivity index (χ4n) is 2.78. The second-order valence-corrected chi connectivity index (χ2v) is 6.28. The summed E-state index contributed by atoms with van der Waals surface area (Å²) in [5, 5.41) is 0. The van der Waals surface area contributed by atoms with Crippen molar-refractivity contribution in [3.05, 3.63) is 35.9 Å². The first kappa shape index (κ1) is 21.2. The number of rotatable bonds is 11. The number of benzene rings is 1. The molecule has 1 aromatic rings. The third-order valence-corrected chi connectivity index (χ3v) is 4.50. The summed E-state index contributed by atoms with van der Waals surface area (Å²) < 4.78 is 4.80. The average Bonchev–Trinajstić information content (AvgIpc) is 2.65. The van der Waals surface area contributed by atoms with Crippen LogP contribution in [0.3, 0.4) is 0 Å². The van der Waals surface area contributed by atoms with Crippen molar-refractivity contribution in [1.29, 1.82) is 0 Å². The zero-order valence-corrected chi connectivity index (χ0v) is 16.0. The summed E-state index contributed by atoms with van der Waals surface area (Å²) in [4.78, 5) is 28.5. The lowest BCUT2D eigenvalue weighted by atomic mass is 10.1. The van der Waals surface area contributed by atoms with Crippen LogP contribution in [-0.4, -0.2) is 61.5 Å². The summed E-state index contributed by atoms with van der Waals surface area (Å²) in [5.74, 6) is -0.502. The van der Waals surface area contributed by atoms with Gasteiger partial charge in [0.05, 0.1) is 13.0 Å². The lowest BCUT2D eigenvalue weighted by Crippen LogP contribution is -2.42. The molecule has 0 fully saturated rings. The zero-order chi connectivity index (χ0) is 18.7. The van der Waals surface area contributed by atoms with Crippen LogP contribution in [0, 0.1) is 5.92 Å². The largest absolute Gasteiger partial charge is 0.469 e. The average molecular weight is 348 g/mol. The number of ether oxygens (including phenoxy) is 1. The standard InChI is InChI=1S/C20H32N2O3/c1-5-21(6-2)14-15-22(16-17(3)20(24)25-4)19(23)13-12-18-10-8-7-9-11-18/h7-11,17H,5-6,12-16H2,1-4H3. The molecule has 25 heavy (non-hydrogen) atoms. The van der Waals surface area contributed by atoms with E-state index in [1.807, 2.05) is 35.2 Å². The van der Waals surface area contributed by atoms with Gasteiger partial charge in [-0.3, -0.25) is 9.59 Å². The van der Waals surface area contributed by atoms with Gasteiger partial charge >= 0.3 is 5.97 Å². The molecule has 0 saturated heterocycles. The van der Waals surface area contributed by atoms with Crippen LogP contribution in [0.1, 0.15) is 32.8 Å². The first-order valence-electron chi connectivity index (χ1n) is 9.13. The summed E-state index contributed by atoms with van der Waals surface area (Å²) in [5.41, 5.74) is 1.15. The molecule has 1 unspecified atom stereocenters. The Kier molecular flexibility index (Phi) is 9.85. The van der Waals surface area contributed by atoms with Gasteiger partial charge in [-0.15, -0.1) is 0 Å². The molecule has 0 spiro atoms. The van der Waals surface area contributed by atoms with Crippen LogP contribution in [0.15, 0.2) is 30.3 Å². The highest BCUT2D eigenvalue weighted by atomic mass is 16.5. The smallest absolute Gasteiger partial charge is 0.310 e. The molecule has 0 bridgehead atoms. The molecule has 0 N–H and O–H groups in total. The Balaban J connectivity index is 2.66. The highest BCUT2D eigenvalue weighted by Crippen LogP contribution is 2.08. The Morgan fingerprint density at radius 3 is 2.28 bits per heavy atom. The molecule has 0 heterocycles. The fourth-order valence-corrected chi connectivity index (χ4v) is 2.78. The lowest BCUT2D eigenvalue weighted by molar-refractivity contribution is -0.146. The summed E-state index contributed by atoms with van der Waals surface area (Å²) in [6.07, 6.45) is 1.17. The second kappa shape index (κ2) is 11.6. The maximum absolute atomic E-state index is 12.7. The fraction of sp³-hybridized carbons (Fsp3) is 0.600. The molecule has 0 aliphatic carbocycles. The number of aryl methyl sites for hydroxylation is 1. The molecule has 140 valence electrons. The predicted molar refractivity (Wildman–Crippen MR) is 100 cm³/mol. The normalized spacial score (nSPS) is 12.0. The summed E-state index contributed by atoms with van der Waals surface area (Å²) in [7, 11) is 1.39. The molecule has 0 aromatic heterocycles. The van der Waals surface area contributed by atoms with Crippen molar-refractivity contribution >= 4 is 11.9 Å².